The van der Waals surface area contributed by atoms with Crippen molar-refractivity contribution in [3.05, 3.63) is 23.5 Å². The Morgan fingerprint density at radius 3 is 2.28 bits per heavy atom. The highest BCUT2D eigenvalue weighted by molar-refractivity contribution is 7.89. The highest BCUT2D eigenvalue weighted by Gasteiger charge is 2.34. The zero-order chi connectivity index (χ0) is 11.2. The zero-order valence-electron chi connectivity index (χ0n) is 9.42. The van der Waals surface area contributed by atoms with Crippen LogP contribution in [0.15, 0.2) is 28.4 Å². The lowest BCUT2D eigenvalue weighted by molar-refractivity contribution is 0.473. The van der Waals surface area contributed by atoms with Crippen LogP contribution in [0.1, 0.15) is 0 Å². The van der Waals surface area contributed by atoms with E-state index in [0.29, 0.717) is 13.1 Å². The Balaban J connectivity index is 0.000000810. The molecule has 0 saturated carbocycles. The topological polar surface area (TPSA) is 78.1 Å². The van der Waals surface area contributed by atoms with Crippen LogP contribution in [0.4, 0.5) is 0 Å². The number of H-pyrrole nitrogens is 1. The number of rotatable bonds is 2. The SMILES string of the molecule is Cl.Cl.O=S(=O)(c1cn[nH]c1)N1CC2=C(CNC2)C1. The lowest BCUT2D eigenvalue weighted by atomic mass is 10.2. The van der Waals surface area contributed by atoms with Gasteiger partial charge in [-0.05, 0) is 11.1 Å². The van der Waals surface area contributed by atoms with Gasteiger partial charge in [0.25, 0.3) is 0 Å². The molecule has 0 fully saturated rings. The molecule has 3 heterocycles. The van der Waals surface area contributed by atoms with Crippen molar-refractivity contribution >= 4 is 34.8 Å². The molecule has 102 valence electrons. The fourth-order valence-electron chi connectivity index (χ4n) is 2.13. The molecule has 0 atom stereocenters. The molecule has 0 spiro atoms. The van der Waals surface area contributed by atoms with Crippen LogP contribution in [0.3, 0.4) is 0 Å². The first-order chi connectivity index (χ1) is 7.68. The van der Waals surface area contributed by atoms with E-state index in [0.717, 1.165) is 13.1 Å². The van der Waals surface area contributed by atoms with Crippen LogP contribution in [0.2, 0.25) is 0 Å². The standard InChI is InChI=1S/C9H12N4O2S.2ClH/c14-16(15,9-3-11-12-4-9)13-5-7-1-10-2-8(7)6-13;;/h3-4,10H,1-2,5-6H2,(H,11,12);2*1H. The van der Waals surface area contributed by atoms with E-state index in [9.17, 15) is 8.42 Å². The van der Waals surface area contributed by atoms with Crippen molar-refractivity contribution < 1.29 is 8.42 Å². The first-order valence-electron chi connectivity index (χ1n) is 5.07. The quantitative estimate of drug-likeness (QED) is 0.762. The summed E-state index contributed by atoms with van der Waals surface area (Å²) < 4.78 is 25.8. The fourth-order valence-corrected chi connectivity index (χ4v) is 3.47. The Bertz CT molecular complexity index is 525. The van der Waals surface area contributed by atoms with Crippen molar-refractivity contribution in [2.45, 2.75) is 4.90 Å². The molecule has 1 aromatic rings. The Hall–Kier alpha value is -0.600. The number of halogens is 2. The first kappa shape index (κ1) is 15.5. The van der Waals surface area contributed by atoms with E-state index in [-0.39, 0.29) is 29.7 Å². The van der Waals surface area contributed by atoms with Crippen LogP contribution in [0.5, 0.6) is 0 Å². The molecule has 2 aliphatic rings. The molecule has 18 heavy (non-hydrogen) atoms. The molecule has 2 aliphatic heterocycles. The summed E-state index contributed by atoms with van der Waals surface area (Å²) >= 11 is 0. The molecule has 9 heteroatoms. The Morgan fingerprint density at radius 1 is 1.17 bits per heavy atom. The number of hydrogen-bond acceptors (Lipinski definition) is 4. The minimum absolute atomic E-state index is 0. The third kappa shape index (κ3) is 2.41. The van der Waals surface area contributed by atoms with Gasteiger partial charge in [0.15, 0.2) is 0 Å². The van der Waals surface area contributed by atoms with E-state index in [1.807, 2.05) is 0 Å². The fraction of sp³-hybridized carbons (Fsp3) is 0.444. The zero-order valence-corrected chi connectivity index (χ0v) is 11.9. The second-order valence-electron chi connectivity index (χ2n) is 4.02. The first-order valence-corrected chi connectivity index (χ1v) is 6.51. The van der Waals surface area contributed by atoms with E-state index in [4.69, 9.17) is 0 Å². The van der Waals surface area contributed by atoms with Gasteiger partial charge in [0.1, 0.15) is 4.90 Å². The van der Waals surface area contributed by atoms with Gasteiger partial charge in [0.2, 0.25) is 10.0 Å². The minimum atomic E-state index is -3.37. The Labute approximate surface area is 118 Å². The highest BCUT2D eigenvalue weighted by Crippen LogP contribution is 2.25. The minimum Gasteiger partial charge on any atom is -0.309 e. The molecular formula is C9H14Cl2N4O2S. The summed E-state index contributed by atoms with van der Waals surface area (Å²) in [6.07, 6.45) is 2.76. The summed E-state index contributed by atoms with van der Waals surface area (Å²) in [4.78, 5) is 0.238. The molecule has 3 rings (SSSR count). The normalized spacial score (nSPS) is 19.3. The van der Waals surface area contributed by atoms with Gasteiger partial charge in [-0.3, -0.25) is 5.10 Å². The maximum Gasteiger partial charge on any atom is 0.246 e. The van der Waals surface area contributed by atoms with Gasteiger partial charge < -0.3 is 5.32 Å². The van der Waals surface area contributed by atoms with Crippen LogP contribution in [-0.2, 0) is 10.0 Å². The summed E-state index contributed by atoms with van der Waals surface area (Å²) in [5, 5.41) is 9.42. The highest BCUT2D eigenvalue weighted by atomic mass is 35.5. The Morgan fingerprint density at radius 2 is 1.78 bits per heavy atom. The van der Waals surface area contributed by atoms with Gasteiger partial charge in [0.05, 0.1) is 6.20 Å². The van der Waals surface area contributed by atoms with Crippen LogP contribution >= 0.6 is 24.8 Å². The predicted octanol–water partition coefficient (Wildman–Crippen LogP) is 0.157. The maximum absolute atomic E-state index is 12.1. The van der Waals surface area contributed by atoms with E-state index in [1.54, 1.807) is 0 Å². The molecule has 0 saturated heterocycles. The number of nitrogens with one attached hydrogen (secondary N) is 2. The molecule has 0 aliphatic carbocycles. The summed E-state index contributed by atoms with van der Waals surface area (Å²) in [6, 6.07) is 0. The largest absolute Gasteiger partial charge is 0.309 e. The number of aromatic amines is 1. The second kappa shape index (κ2) is 5.58. The van der Waals surface area contributed by atoms with Crippen molar-refractivity contribution in [1.29, 1.82) is 0 Å². The molecule has 2 N–H and O–H groups in total. The molecule has 6 nitrogen and oxygen atoms in total. The maximum atomic E-state index is 12.1. The summed E-state index contributed by atoms with van der Waals surface area (Å²) in [6.45, 7) is 2.64. The lowest BCUT2D eigenvalue weighted by Crippen LogP contribution is -2.32. The molecule has 0 amide bonds. The van der Waals surface area contributed by atoms with Gasteiger partial charge in [-0.15, -0.1) is 24.8 Å². The van der Waals surface area contributed by atoms with E-state index >= 15 is 0 Å². The van der Waals surface area contributed by atoms with E-state index in [2.05, 4.69) is 15.5 Å². The molecule has 0 bridgehead atoms. The monoisotopic (exact) mass is 312 g/mol. The van der Waals surface area contributed by atoms with Gasteiger partial charge >= 0.3 is 0 Å². The smallest absolute Gasteiger partial charge is 0.246 e. The van der Waals surface area contributed by atoms with Crippen LogP contribution in [0.25, 0.3) is 0 Å². The van der Waals surface area contributed by atoms with Gasteiger partial charge in [0, 0.05) is 32.4 Å². The van der Waals surface area contributed by atoms with Gasteiger partial charge in [-0.2, -0.15) is 9.40 Å². The third-order valence-electron chi connectivity index (χ3n) is 3.02. The average molecular weight is 313 g/mol. The Kier molecular flexibility index (Phi) is 4.79. The number of aromatic nitrogens is 2. The third-order valence-corrected chi connectivity index (χ3v) is 4.78. The lowest BCUT2D eigenvalue weighted by Gasteiger charge is -2.16. The summed E-state index contributed by atoms with van der Waals surface area (Å²) in [5.74, 6) is 0. The van der Waals surface area contributed by atoms with E-state index < -0.39 is 10.0 Å². The van der Waals surface area contributed by atoms with Crippen LogP contribution in [-0.4, -0.2) is 49.1 Å². The second-order valence-corrected chi connectivity index (χ2v) is 5.96. The number of nitrogens with zero attached hydrogens (tertiary/aromatic N) is 2. The van der Waals surface area contributed by atoms with Crippen molar-refractivity contribution in [3.63, 3.8) is 0 Å². The number of hydrogen-bond donors (Lipinski definition) is 2. The predicted molar refractivity (Wildman–Crippen MR) is 71.7 cm³/mol. The molecule has 1 aromatic heterocycles. The molecule has 0 radical (unpaired) electrons. The van der Waals surface area contributed by atoms with Crippen molar-refractivity contribution in [2.24, 2.45) is 0 Å². The molecule has 0 unspecified atom stereocenters. The van der Waals surface area contributed by atoms with Crippen LogP contribution in [0, 0.1) is 0 Å². The van der Waals surface area contributed by atoms with Crippen molar-refractivity contribution in [3.8, 4) is 0 Å². The summed E-state index contributed by atoms with van der Waals surface area (Å²) in [7, 11) is -3.37. The summed E-state index contributed by atoms with van der Waals surface area (Å²) in [5.41, 5.74) is 2.43. The van der Waals surface area contributed by atoms with E-state index in [1.165, 1.54) is 27.8 Å². The molecular weight excluding hydrogens is 299 g/mol. The number of sulfonamides is 1. The van der Waals surface area contributed by atoms with Gasteiger partial charge in [-0.25, -0.2) is 8.42 Å². The molecule has 0 aromatic carbocycles. The van der Waals surface area contributed by atoms with Gasteiger partial charge in [-0.1, -0.05) is 0 Å². The average Bonchev–Trinajstić information content (AvgIpc) is 2.94. The van der Waals surface area contributed by atoms with Crippen molar-refractivity contribution in [1.82, 2.24) is 19.8 Å². The van der Waals surface area contributed by atoms with Crippen LogP contribution < -0.4 is 5.32 Å². The van der Waals surface area contributed by atoms with Crippen molar-refractivity contribution in [2.75, 3.05) is 26.2 Å².